The highest BCUT2D eigenvalue weighted by molar-refractivity contribution is 5.63. The van der Waals surface area contributed by atoms with Gasteiger partial charge in [0.2, 0.25) is 0 Å². The maximum absolute atomic E-state index is 6.49. The van der Waals surface area contributed by atoms with Crippen molar-refractivity contribution in [2.75, 3.05) is 7.05 Å². The number of nitrogens with zero attached hydrogens (tertiary/aromatic N) is 5. The molecule has 0 aromatic carbocycles. The second kappa shape index (κ2) is 8.41. The van der Waals surface area contributed by atoms with Gasteiger partial charge in [0.15, 0.2) is 0 Å². The van der Waals surface area contributed by atoms with E-state index < -0.39 is 0 Å². The monoisotopic (exact) mass is 397 g/mol. The summed E-state index contributed by atoms with van der Waals surface area (Å²) in [7, 11) is 1.78. The van der Waals surface area contributed by atoms with Gasteiger partial charge in [-0.1, -0.05) is 11.6 Å². The van der Waals surface area contributed by atoms with Gasteiger partial charge in [-0.2, -0.15) is 0 Å². The van der Waals surface area contributed by atoms with Crippen LogP contribution in [-0.2, 0) is 6.54 Å². The molecule has 0 bridgehead atoms. The Hall–Kier alpha value is -2.61. The zero-order valence-electron chi connectivity index (χ0n) is 17.3. The van der Waals surface area contributed by atoms with Crippen LogP contribution in [0.2, 0.25) is 0 Å². The Labute approximate surface area is 171 Å². The van der Waals surface area contributed by atoms with E-state index >= 15 is 0 Å². The molecule has 2 heterocycles. The molecule has 2 aromatic rings. The molecule has 2 fully saturated rings. The number of nitrogens with two attached hydrogens (primary N) is 2. The lowest BCUT2D eigenvalue weighted by molar-refractivity contribution is 0.153. The van der Waals surface area contributed by atoms with Crippen molar-refractivity contribution >= 4 is 5.70 Å². The number of rotatable bonds is 7. The van der Waals surface area contributed by atoms with Gasteiger partial charge >= 0.3 is 0 Å². The quantitative estimate of drug-likeness (QED) is 0.546. The molecule has 0 unspecified atom stereocenters. The van der Waals surface area contributed by atoms with E-state index in [1.54, 1.807) is 7.05 Å². The molecule has 0 radical (unpaired) electrons. The highest BCUT2D eigenvalue weighted by Crippen LogP contribution is 2.39. The number of hydrogen-bond donors (Lipinski definition) is 2. The zero-order valence-corrected chi connectivity index (χ0v) is 17.3. The fraction of sp³-hybridized carbons (Fsp3) is 0.571. The first-order valence-electron chi connectivity index (χ1n) is 10.5. The van der Waals surface area contributed by atoms with E-state index in [-0.39, 0.29) is 0 Å². The molecule has 4 N–H and O–H groups in total. The van der Waals surface area contributed by atoms with Gasteiger partial charge in [-0.15, -0.1) is 5.10 Å². The SMILES string of the molecule is Cc1nc(/C(N)=C(\Cn2nncc2C2CC2)N(C)N)ccc1OC1CCCCC1. The van der Waals surface area contributed by atoms with Crippen molar-refractivity contribution in [2.45, 2.75) is 70.4 Å². The number of hydrogen-bond acceptors (Lipinski definition) is 7. The van der Waals surface area contributed by atoms with Crippen LogP contribution in [0.4, 0.5) is 0 Å². The summed E-state index contributed by atoms with van der Waals surface area (Å²) in [5.41, 5.74) is 10.5. The third-order valence-electron chi connectivity index (χ3n) is 5.84. The van der Waals surface area contributed by atoms with E-state index in [0.29, 0.717) is 30.0 Å². The van der Waals surface area contributed by atoms with E-state index in [4.69, 9.17) is 21.3 Å². The first-order chi connectivity index (χ1) is 14.0. The molecule has 8 nitrogen and oxygen atoms in total. The summed E-state index contributed by atoms with van der Waals surface area (Å²) in [6.07, 6.45) is 10.5. The van der Waals surface area contributed by atoms with Crippen molar-refractivity contribution in [3.63, 3.8) is 0 Å². The summed E-state index contributed by atoms with van der Waals surface area (Å²) in [6, 6.07) is 3.88. The van der Waals surface area contributed by atoms with E-state index in [2.05, 4.69) is 10.3 Å². The van der Waals surface area contributed by atoms with Crippen molar-refractivity contribution in [1.29, 1.82) is 0 Å². The lowest BCUT2D eigenvalue weighted by Crippen LogP contribution is -2.31. The molecule has 156 valence electrons. The second-order valence-electron chi connectivity index (χ2n) is 8.22. The fourth-order valence-electron chi connectivity index (χ4n) is 3.95. The third kappa shape index (κ3) is 4.53. The first-order valence-corrected chi connectivity index (χ1v) is 10.5. The fourth-order valence-corrected chi connectivity index (χ4v) is 3.95. The number of hydrazine groups is 1. The van der Waals surface area contributed by atoms with Crippen LogP contribution in [-0.4, -0.2) is 38.1 Å². The maximum atomic E-state index is 6.49. The average Bonchev–Trinajstić information content (AvgIpc) is 3.46. The molecule has 0 saturated heterocycles. The minimum atomic E-state index is 0.293. The Balaban J connectivity index is 1.56. The van der Waals surface area contributed by atoms with Crippen LogP contribution in [0.1, 0.15) is 67.9 Å². The molecule has 0 atom stereocenters. The van der Waals surface area contributed by atoms with Gasteiger partial charge in [-0.05, 0) is 57.6 Å². The van der Waals surface area contributed by atoms with Crippen LogP contribution in [0, 0.1) is 6.92 Å². The van der Waals surface area contributed by atoms with E-state index in [1.165, 1.54) is 37.1 Å². The van der Waals surface area contributed by atoms with Gasteiger partial charge in [0.05, 0.1) is 47.3 Å². The largest absolute Gasteiger partial charge is 0.489 e. The van der Waals surface area contributed by atoms with Gasteiger partial charge in [-0.25, -0.2) is 15.5 Å². The molecule has 0 spiro atoms. The van der Waals surface area contributed by atoms with Crippen LogP contribution >= 0.6 is 0 Å². The first kappa shape index (κ1) is 19.7. The molecular weight excluding hydrogens is 366 g/mol. The molecule has 29 heavy (non-hydrogen) atoms. The maximum Gasteiger partial charge on any atom is 0.140 e. The van der Waals surface area contributed by atoms with Crippen LogP contribution in [0.25, 0.3) is 5.70 Å². The summed E-state index contributed by atoms with van der Waals surface area (Å²) in [5, 5.41) is 9.83. The Morgan fingerprint density at radius 2 is 1.97 bits per heavy atom. The lowest BCUT2D eigenvalue weighted by Gasteiger charge is -2.24. The average molecular weight is 398 g/mol. The number of ether oxygens (including phenoxy) is 1. The van der Waals surface area contributed by atoms with E-state index in [0.717, 1.165) is 35.7 Å². The lowest BCUT2D eigenvalue weighted by atomic mass is 9.98. The van der Waals surface area contributed by atoms with Gasteiger partial charge in [0, 0.05) is 13.0 Å². The van der Waals surface area contributed by atoms with E-state index in [1.807, 2.05) is 29.9 Å². The smallest absolute Gasteiger partial charge is 0.140 e. The normalized spacial score (nSPS) is 18.4. The van der Waals surface area contributed by atoms with Gasteiger partial charge < -0.3 is 15.5 Å². The summed E-state index contributed by atoms with van der Waals surface area (Å²) < 4.78 is 8.07. The molecule has 0 aliphatic heterocycles. The zero-order chi connectivity index (χ0) is 20.4. The van der Waals surface area contributed by atoms with Crippen molar-refractivity contribution < 1.29 is 4.74 Å². The van der Waals surface area contributed by atoms with Crippen LogP contribution in [0.3, 0.4) is 0 Å². The van der Waals surface area contributed by atoms with Gasteiger partial charge in [-0.3, -0.25) is 0 Å². The Morgan fingerprint density at radius 1 is 1.21 bits per heavy atom. The van der Waals surface area contributed by atoms with Crippen LogP contribution < -0.4 is 16.3 Å². The Bertz CT molecular complexity index is 879. The molecule has 0 amide bonds. The minimum Gasteiger partial charge on any atom is -0.489 e. The highest BCUT2D eigenvalue weighted by atomic mass is 16.5. The Morgan fingerprint density at radius 3 is 2.62 bits per heavy atom. The molecule has 2 aliphatic rings. The summed E-state index contributed by atoms with van der Waals surface area (Å²) in [6.45, 7) is 2.43. The molecule has 4 rings (SSSR count). The van der Waals surface area contributed by atoms with E-state index in [9.17, 15) is 0 Å². The second-order valence-corrected chi connectivity index (χ2v) is 8.22. The van der Waals surface area contributed by atoms with Crippen molar-refractivity contribution in [2.24, 2.45) is 11.6 Å². The standard InChI is InChI=1S/C21H31N7O/c1-14-20(29-16-6-4-3-5-7-16)11-10-17(25-14)21(22)19(27(2)23)13-28-18(12-24-26-28)15-8-9-15/h10-12,15-16H,3-9,13,22-23H2,1-2H3/b21-19-. The number of pyridine rings is 1. The molecular formula is C21H31N7O. The topological polar surface area (TPSA) is 108 Å². The van der Waals surface area contributed by atoms with Crippen LogP contribution in [0.5, 0.6) is 5.75 Å². The number of allylic oxidation sites excluding steroid dienone is 1. The van der Waals surface area contributed by atoms with Crippen LogP contribution in [0.15, 0.2) is 24.0 Å². The van der Waals surface area contributed by atoms with Gasteiger partial charge in [0.25, 0.3) is 0 Å². The number of likely N-dealkylation sites (N-methyl/N-ethyl adjacent to an activating group) is 1. The Kier molecular flexibility index (Phi) is 5.71. The molecule has 8 heteroatoms. The predicted octanol–water partition coefficient (Wildman–Crippen LogP) is 2.70. The van der Waals surface area contributed by atoms with Crippen molar-refractivity contribution in [1.82, 2.24) is 25.0 Å². The molecule has 2 aliphatic carbocycles. The number of aryl methyl sites for hydroxylation is 1. The molecule has 2 saturated carbocycles. The highest BCUT2D eigenvalue weighted by Gasteiger charge is 2.28. The summed E-state index contributed by atoms with van der Waals surface area (Å²) in [5.74, 6) is 7.49. The minimum absolute atomic E-state index is 0.293. The predicted molar refractivity (Wildman–Crippen MR) is 112 cm³/mol. The number of aromatic nitrogens is 4. The molecule has 2 aromatic heterocycles. The van der Waals surface area contributed by atoms with Crippen molar-refractivity contribution in [3.05, 3.63) is 41.1 Å². The third-order valence-corrected chi connectivity index (χ3v) is 5.84. The summed E-state index contributed by atoms with van der Waals surface area (Å²) >= 11 is 0. The van der Waals surface area contributed by atoms with Crippen molar-refractivity contribution in [3.8, 4) is 5.75 Å². The summed E-state index contributed by atoms with van der Waals surface area (Å²) in [4.78, 5) is 4.71. The van der Waals surface area contributed by atoms with Gasteiger partial charge in [0.1, 0.15) is 5.75 Å².